The second kappa shape index (κ2) is 12.5. The standard InChI is InChI=1S/C26H33NO7/c1-31-14-16-33-23-12-13-27(25(29)30)26(19-23,18-20-6-4-3-5-7-20)22-10-8-21(9-11-22)24(28)34-17-15-32-2/h3-11,23H,12-19H2,1-2H3,(H,29,30)/t23-,26-/m0/s1. The number of rotatable bonds is 11. The number of piperidine rings is 1. The highest BCUT2D eigenvalue weighted by molar-refractivity contribution is 5.89. The van der Waals surface area contributed by atoms with Crippen LogP contribution in [0.4, 0.5) is 4.79 Å². The summed E-state index contributed by atoms with van der Waals surface area (Å²) in [4.78, 5) is 26.3. The zero-order valence-corrected chi connectivity index (χ0v) is 19.8. The molecule has 1 heterocycles. The third-order valence-corrected chi connectivity index (χ3v) is 6.15. The number of nitrogens with zero attached hydrogens (tertiary/aromatic N) is 1. The molecular weight excluding hydrogens is 438 g/mol. The molecule has 1 aliphatic heterocycles. The van der Waals surface area contributed by atoms with Crippen molar-refractivity contribution in [1.82, 2.24) is 4.90 Å². The van der Waals surface area contributed by atoms with Crippen LogP contribution < -0.4 is 0 Å². The summed E-state index contributed by atoms with van der Waals surface area (Å²) in [6.45, 7) is 1.76. The molecule has 1 N–H and O–H groups in total. The lowest BCUT2D eigenvalue weighted by molar-refractivity contribution is -0.0603. The number of carbonyl (C=O) groups excluding carboxylic acids is 1. The van der Waals surface area contributed by atoms with E-state index in [0.29, 0.717) is 51.2 Å². The van der Waals surface area contributed by atoms with Crippen molar-refractivity contribution in [1.29, 1.82) is 0 Å². The van der Waals surface area contributed by atoms with Gasteiger partial charge in [0.1, 0.15) is 6.61 Å². The van der Waals surface area contributed by atoms with Crippen molar-refractivity contribution in [3.05, 3.63) is 71.3 Å². The highest BCUT2D eigenvalue weighted by atomic mass is 16.6. The predicted molar refractivity (Wildman–Crippen MR) is 126 cm³/mol. The number of hydrogen-bond donors (Lipinski definition) is 1. The van der Waals surface area contributed by atoms with Gasteiger partial charge in [0, 0.05) is 33.6 Å². The minimum absolute atomic E-state index is 0.117. The predicted octanol–water partition coefficient (Wildman–Crippen LogP) is 3.73. The van der Waals surface area contributed by atoms with Crippen LogP contribution in [-0.2, 0) is 30.9 Å². The van der Waals surface area contributed by atoms with Crippen molar-refractivity contribution >= 4 is 12.1 Å². The molecule has 0 radical (unpaired) electrons. The Morgan fingerprint density at radius 2 is 1.65 bits per heavy atom. The molecule has 0 saturated carbocycles. The summed E-state index contributed by atoms with van der Waals surface area (Å²) in [5.41, 5.74) is 1.39. The lowest BCUT2D eigenvalue weighted by Gasteiger charge is -2.49. The Bertz CT molecular complexity index is 919. The number of ether oxygens (including phenoxy) is 4. The summed E-state index contributed by atoms with van der Waals surface area (Å²) in [5, 5.41) is 10.2. The second-order valence-electron chi connectivity index (χ2n) is 8.31. The van der Waals surface area contributed by atoms with Crippen molar-refractivity contribution in [3.8, 4) is 0 Å². The normalized spacial score (nSPS) is 20.2. The van der Waals surface area contributed by atoms with Crippen molar-refractivity contribution < 1.29 is 33.6 Å². The molecule has 2 aromatic rings. The molecule has 1 aliphatic rings. The molecular formula is C26H33NO7. The molecule has 2 aromatic carbocycles. The first-order chi connectivity index (χ1) is 16.5. The van der Waals surface area contributed by atoms with E-state index in [9.17, 15) is 14.7 Å². The number of carboxylic acid groups (broad SMARTS) is 1. The Kier molecular flexibility index (Phi) is 9.44. The first-order valence-electron chi connectivity index (χ1n) is 11.4. The fourth-order valence-corrected chi connectivity index (χ4v) is 4.49. The lowest BCUT2D eigenvalue weighted by atomic mass is 9.75. The van der Waals surface area contributed by atoms with Gasteiger partial charge in [-0.1, -0.05) is 42.5 Å². The van der Waals surface area contributed by atoms with E-state index in [4.69, 9.17) is 18.9 Å². The van der Waals surface area contributed by atoms with Crippen molar-refractivity contribution in [2.75, 3.05) is 47.2 Å². The second-order valence-corrected chi connectivity index (χ2v) is 8.31. The van der Waals surface area contributed by atoms with Crippen LogP contribution in [-0.4, -0.2) is 75.4 Å². The van der Waals surface area contributed by atoms with Gasteiger partial charge < -0.3 is 24.1 Å². The summed E-state index contributed by atoms with van der Waals surface area (Å²) in [7, 11) is 3.16. The van der Waals surface area contributed by atoms with Gasteiger partial charge in [0.05, 0.1) is 37.0 Å². The number of likely N-dealkylation sites (tertiary alicyclic amines) is 1. The van der Waals surface area contributed by atoms with Crippen LogP contribution in [0.3, 0.4) is 0 Å². The summed E-state index contributed by atoms with van der Waals surface area (Å²) in [6.07, 6.45) is 0.496. The highest BCUT2D eigenvalue weighted by Gasteiger charge is 2.46. The van der Waals surface area contributed by atoms with Crippen molar-refractivity contribution in [2.45, 2.75) is 30.9 Å². The van der Waals surface area contributed by atoms with Crippen LogP contribution in [0.1, 0.15) is 34.3 Å². The summed E-state index contributed by atoms with van der Waals surface area (Å²) in [5.74, 6) is -0.444. The zero-order chi connectivity index (χ0) is 24.4. The number of hydrogen-bond acceptors (Lipinski definition) is 6. The minimum atomic E-state index is -0.977. The Morgan fingerprint density at radius 1 is 0.971 bits per heavy atom. The van der Waals surface area contributed by atoms with E-state index in [1.54, 1.807) is 26.4 Å². The molecule has 1 amide bonds. The maximum absolute atomic E-state index is 12.4. The van der Waals surface area contributed by atoms with Crippen LogP contribution >= 0.6 is 0 Å². The van der Waals surface area contributed by atoms with Gasteiger partial charge in [-0.05, 0) is 29.7 Å². The number of esters is 1. The van der Waals surface area contributed by atoms with Gasteiger partial charge in [0.2, 0.25) is 0 Å². The Morgan fingerprint density at radius 3 is 2.29 bits per heavy atom. The van der Waals surface area contributed by atoms with E-state index in [0.717, 1.165) is 11.1 Å². The van der Waals surface area contributed by atoms with Gasteiger partial charge in [0.25, 0.3) is 0 Å². The van der Waals surface area contributed by atoms with Crippen LogP contribution in [0.5, 0.6) is 0 Å². The molecule has 8 nitrogen and oxygen atoms in total. The van der Waals surface area contributed by atoms with Gasteiger partial charge in [-0.25, -0.2) is 9.59 Å². The summed E-state index contributed by atoms with van der Waals surface area (Å²) < 4.78 is 21.3. The van der Waals surface area contributed by atoms with E-state index in [-0.39, 0.29) is 12.7 Å². The molecule has 34 heavy (non-hydrogen) atoms. The van der Waals surface area contributed by atoms with Crippen LogP contribution in [0.2, 0.25) is 0 Å². The van der Waals surface area contributed by atoms with Crippen LogP contribution in [0.15, 0.2) is 54.6 Å². The number of methoxy groups -OCH3 is 2. The topological polar surface area (TPSA) is 94.5 Å². The number of amides is 1. The fourth-order valence-electron chi connectivity index (χ4n) is 4.49. The van der Waals surface area contributed by atoms with Gasteiger partial charge in [-0.15, -0.1) is 0 Å². The molecule has 0 bridgehead atoms. The number of carbonyl (C=O) groups is 2. The van der Waals surface area contributed by atoms with E-state index >= 15 is 0 Å². The third kappa shape index (κ3) is 6.34. The third-order valence-electron chi connectivity index (χ3n) is 6.15. The monoisotopic (exact) mass is 471 g/mol. The summed E-state index contributed by atoms with van der Waals surface area (Å²) in [6, 6.07) is 16.8. The number of benzene rings is 2. The van der Waals surface area contributed by atoms with E-state index in [2.05, 4.69) is 0 Å². The van der Waals surface area contributed by atoms with E-state index < -0.39 is 17.6 Å². The molecule has 0 spiro atoms. The minimum Gasteiger partial charge on any atom is -0.465 e. The average molecular weight is 472 g/mol. The molecule has 184 valence electrons. The maximum Gasteiger partial charge on any atom is 0.408 e. The molecule has 1 saturated heterocycles. The van der Waals surface area contributed by atoms with Crippen LogP contribution in [0, 0.1) is 0 Å². The zero-order valence-electron chi connectivity index (χ0n) is 19.8. The van der Waals surface area contributed by atoms with Gasteiger partial charge >= 0.3 is 12.1 Å². The molecule has 0 unspecified atom stereocenters. The quantitative estimate of drug-likeness (QED) is 0.394. The van der Waals surface area contributed by atoms with Gasteiger partial charge in [-0.3, -0.25) is 4.90 Å². The maximum atomic E-state index is 12.4. The summed E-state index contributed by atoms with van der Waals surface area (Å²) >= 11 is 0. The lowest BCUT2D eigenvalue weighted by Crippen LogP contribution is -2.56. The molecule has 2 atom stereocenters. The molecule has 3 rings (SSSR count). The Hall–Kier alpha value is -2.94. The van der Waals surface area contributed by atoms with Crippen molar-refractivity contribution in [3.63, 3.8) is 0 Å². The molecule has 8 heteroatoms. The Labute approximate surface area is 200 Å². The van der Waals surface area contributed by atoms with E-state index in [1.165, 1.54) is 4.90 Å². The van der Waals surface area contributed by atoms with E-state index in [1.807, 2.05) is 42.5 Å². The first-order valence-corrected chi connectivity index (χ1v) is 11.4. The smallest absolute Gasteiger partial charge is 0.408 e. The van der Waals surface area contributed by atoms with Gasteiger partial charge in [-0.2, -0.15) is 0 Å². The fraction of sp³-hybridized carbons (Fsp3) is 0.462. The largest absolute Gasteiger partial charge is 0.465 e. The first kappa shape index (κ1) is 25.7. The SMILES string of the molecule is COCCOC(=O)c1ccc([C@]2(Cc3ccccc3)C[C@@H](OCCOC)CCN2C(=O)O)cc1. The Balaban J connectivity index is 1.95. The molecule has 0 aliphatic carbocycles. The van der Waals surface area contributed by atoms with Gasteiger partial charge in [0.15, 0.2) is 0 Å². The molecule has 0 aromatic heterocycles. The van der Waals surface area contributed by atoms with Crippen LogP contribution in [0.25, 0.3) is 0 Å². The molecule has 1 fully saturated rings. The van der Waals surface area contributed by atoms with Crippen molar-refractivity contribution in [2.24, 2.45) is 0 Å². The highest BCUT2D eigenvalue weighted by Crippen LogP contribution is 2.42. The average Bonchev–Trinajstić information content (AvgIpc) is 2.85.